The lowest BCUT2D eigenvalue weighted by Gasteiger charge is -2.35. The van der Waals surface area contributed by atoms with Gasteiger partial charge in [0.2, 0.25) is 0 Å². The maximum atomic E-state index is 9.36. The summed E-state index contributed by atoms with van der Waals surface area (Å²) in [7, 11) is 0. The van der Waals surface area contributed by atoms with Crippen LogP contribution in [0.5, 0.6) is 0 Å². The predicted octanol–water partition coefficient (Wildman–Crippen LogP) is 14.6. The summed E-state index contributed by atoms with van der Waals surface area (Å²) in [6.45, 7) is 14.5. The topological polar surface area (TPSA) is 62.5 Å². The van der Waals surface area contributed by atoms with Crippen molar-refractivity contribution in [3.8, 4) is 51.4 Å². The molecule has 0 amide bonds. The zero-order chi connectivity index (χ0) is 40.4. The molecule has 4 heteroatoms. The fourth-order valence-electron chi connectivity index (χ4n) is 10.9. The van der Waals surface area contributed by atoms with E-state index in [-0.39, 0.29) is 10.8 Å². The van der Waals surface area contributed by atoms with E-state index in [2.05, 4.69) is 139 Å². The zero-order valence-electron chi connectivity index (χ0n) is 35.6. The lowest BCUT2D eigenvalue weighted by Crippen LogP contribution is -2.28. The Morgan fingerprint density at radius 2 is 0.810 bits per heavy atom. The van der Waals surface area contributed by atoms with Gasteiger partial charge in [-0.1, -0.05) is 158 Å². The Labute approximate surface area is 347 Å². The van der Waals surface area contributed by atoms with Gasteiger partial charge in [0.15, 0.2) is 17.5 Å². The highest BCUT2D eigenvalue weighted by molar-refractivity contribution is 5.88. The molecule has 1 aromatic heterocycles. The van der Waals surface area contributed by atoms with Crippen molar-refractivity contribution in [3.63, 3.8) is 0 Å². The van der Waals surface area contributed by atoms with Gasteiger partial charge in [-0.15, -0.1) is 0 Å². The van der Waals surface area contributed by atoms with Crippen LogP contribution in [0.15, 0.2) is 109 Å². The maximum absolute atomic E-state index is 9.36. The number of hydrogen-bond acceptors (Lipinski definition) is 4. The molecule has 2 fully saturated rings. The van der Waals surface area contributed by atoms with Crippen LogP contribution in [0, 0.1) is 35.0 Å². The molecule has 0 radical (unpaired) electrons. The van der Waals surface area contributed by atoms with Crippen molar-refractivity contribution in [2.24, 2.45) is 23.7 Å². The van der Waals surface area contributed by atoms with Gasteiger partial charge in [0.05, 0.1) is 11.6 Å². The van der Waals surface area contributed by atoms with E-state index in [0.717, 1.165) is 75.1 Å². The highest BCUT2D eigenvalue weighted by Crippen LogP contribution is 2.47. The molecule has 2 saturated carbocycles. The summed E-state index contributed by atoms with van der Waals surface area (Å²) in [5.74, 6) is 5.02. The van der Waals surface area contributed by atoms with Crippen molar-refractivity contribution in [3.05, 3.63) is 126 Å². The Morgan fingerprint density at radius 3 is 1.21 bits per heavy atom. The van der Waals surface area contributed by atoms with Crippen LogP contribution in [0.1, 0.15) is 122 Å². The molecule has 8 rings (SSSR count). The number of fused-ring (bicyclic) bond motifs is 1. The molecular formula is C54H60N4. The first kappa shape index (κ1) is 39.7. The van der Waals surface area contributed by atoms with Crippen LogP contribution < -0.4 is 0 Å². The summed E-state index contributed by atoms with van der Waals surface area (Å²) >= 11 is 0. The summed E-state index contributed by atoms with van der Waals surface area (Å²) in [4.78, 5) is 15.5. The molecular weight excluding hydrogens is 705 g/mol. The van der Waals surface area contributed by atoms with E-state index in [1.54, 1.807) is 0 Å². The molecule has 4 unspecified atom stereocenters. The molecule has 0 spiro atoms. The number of nitrogens with zero attached hydrogens (tertiary/aromatic N) is 4. The van der Waals surface area contributed by atoms with Crippen molar-refractivity contribution < 1.29 is 0 Å². The average Bonchev–Trinajstić information content (AvgIpc) is 3.52. The van der Waals surface area contributed by atoms with Crippen LogP contribution in [-0.2, 0) is 10.8 Å². The number of aromatic nitrogens is 3. The molecule has 0 bridgehead atoms. The van der Waals surface area contributed by atoms with Gasteiger partial charge in [-0.05, 0) is 124 Å². The quantitative estimate of drug-likeness (QED) is 0.145. The summed E-state index contributed by atoms with van der Waals surface area (Å²) < 4.78 is 0. The van der Waals surface area contributed by atoms with Gasteiger partial charge < -0.3 is 0 Å². The third-order valence-electron chi connectivity index (χ3n) is 14.2. The molecule has 1 heterocycles. The second-order valence-electron chi connectivity index (χ2n) is 18.6. The van der Waals surface area contributed by atoms with E-state index >= 15 is 0 Å². The molecule has 0 N–H and O–H groups in total. The lowest BCUT2D eigenvalue weighted by atomic mass is 9.69. The minimum atomic E-state index is 0.209. The molecule has 6 aromatic rings. The second-order valence-corrected chi connectivity index (χ2v) is 18.6. The smallest absolute Gasteiger partial charge is 0.164 e. The minimum absolute atomic E-state index is 0.209. The zero-order valence-corrected chi connectivity index (χ0v) is 35.6. The summed E-state index contributed by atoms with van der Waals surface area (Å²) in [6, 6.07) is 41.5. The standard InChI is InChI=1S/C54H60N4/c1-7-53(31-36(3)9-10-37(4)32-53)48-25-21-43(22-26-48)51-56-50(42-17-15-41(16-18-42)46-20-19-45-29-40(35-55)13-14-47(45)30-46)57-52(58-51)44-23-27-49(28-24-44)54(8-2)33-38(5)11-12-39(6)34-54/h13-30,36-39H,7-12,31-34H2,1-6H3/t36-,37?,38-,39?,53?,54?/m0/s1. The van der Waals surface area contributed by atoms with Crippen molar-refractivity contribution in [2.45, 2.75) is 117 Å². The number of hydrogen-bond donors (Lipinski definition) is 0. The minimum Gasteiger partial charge on any atom is -0.208 e. The molecule has 296 valence electrons. The third kappa shape index (κ3) is 8.11. The first-order valence-corrected chi connectivity index (χ1v) is 22.1. The first-order chi connectivity index (χ1) is 28.1. The Balaban J connectivity index is 1.17. The number of nitriles is 1. The third-order valence-corrected chi connectivity index (χ3v) is 14.2. The van der Waals surface area contributed by atoms with Gasteiger partial charge in [-0.2, -0.15) is 5.26 Å². The van der Waals surface area contributed by atoms with Gasteiger partial charge in [-0.25, -0.2) is 15.0 Å². The van der Waals surface area contributed by atoms with Crippen LogP contribution in [-0.4, -0.2) is 15.0 Å². The Bertz CT molecular complexity index is 2280. The van der Waals surface area contributed by atoms with Crippen LogP contribution in [0.4, 0.5) is 0 Å². The van der Waals surface area contributed by atoms with Gasteiger partial charge in [0.25, 0.3) is 0 Å². The largest absolute Gasteiger partial charge is 0.208 e. The van der Waals surface area contributed by atoms with E-state index in [1.807, 2.05) is 18.2 Å². The van der Waals surface area contributed by atoms with Gasteiger partial charge in [0.1, 0.15) is 0 Å². The van der Waals surface area contributed by atoms with Gasteiger partial charge in [-0.3, -0.25) is 0 Å². The van der Waals surface area contributed by atoms with E-state index in [1.165, 1.54) is 62.5 Å². The Hall–Kier alpha value is -5.14. The molecule has 4 nitrogen and oxygen atoms in total. The number of benzene rings is 5. The SMILES string of the molecule is CCC1(c2ccc(-c3nc(-c4ccc(-c5ccc6cc(C#N)ccc6c5)cc4)nc(-c4ccc(C5(CC)CC(C)CC[C@H](C)C5)cc4)n3)cc2)CC(C)CC[C@H](C)C1. The molecule has 2 aliphatic rings. The highest BCUT2D eigenvalue weighted by Gasteiger charge is 2.37. The number of rotatable bonds is 8. The normalized spacial score (nSPS) is 25.1. The molecule has 2 aliphatic carbocycles. The molecule has 6 atom stereocenters. The first-order valence-electron chi connectivity index (χ1n) is 22.1. The monoisotopic (exact) mass is 764 g/mol. The van der Waals surface area contributed by atoms with E-state index < -0.39 is 0 Å². The van der Waals surface area contributed by atoms with Crippen LogP contribution in [0.25, 0.3) is 56.1 Å². The Morgan fingerprint density at radius 1 is 0.466 bits per heavy atom. The molecule has 5 aromatic carbocycles. The fraction of sp³-hybridized carbons (Fsp3) is 0.407. The van der Waals surface area contributed by atoms with Crippen LogP contribution in [0.3, 0.4) is 0 Å². The van der Waals surface area contributed by atoms with E-state index in [9.17, 15) is 5.26 Å². The second kappa shape index (κ2) is 16.6. The molecule has 0 aliphatic heterocycles. The summed E-state index contributed by atoms with van der Waals surface area (Å²) in [6.07, 6.45) is 12.6. The lowest BCUT2D eigenvalue weighted by molar-refractivity contribution is 0.295. The van der Waals surface area contributed by atoms with Crippen LogP contribution >= 0.6 is 0 Å². The van der Waals surface area contributed by atoms with Crippen LogP contribution in [0.2, 0.25) is 0 Å². The fourth-order valence-corrected chi connectivity index (χ4v) is 10.9. The molecule has 58 heavy (non-hydrogen) atoms. The van der Waals surface area contributed by atoms with Gasteiger partial charge in [0, 0.05) is 16.7 Å². The highest BCUT2D eigenvalue weighted by atomic mass is 15.0. The maximum Gasteiger partial charge on any atom is 0.164 e. The molecule has 0 saturated heterocycles. The predicted molar refractivity (Wildman–Crippen MR) is 241 cm³/mol. The van der Waals surface area contributed by atoms with Crippen molar-refractivity contribution >= 4 is 10.8 Å². The van der Waals surface area contributed by atoms with Crippen molar-refractivity contribution in [2.75, 3.05) is 0 Å². The summed E-state index contributed by atoms with van der Waals surface area (Å²) in [5, 5.41) is 11.5. The van der Waals surface area contributed by atoms with E-state index in [4.69, 9.17) is 15.0 Å². The Kier molecular flexibility index (Phi) is 11.4. The van der Waals surface area contributed by atoms with Gasteiger partial charge >= 0.3 is 0 Å². The van der Waals surface area contributed by atoms with Crippen molar-refractivity contribution in [1.82, 2.24) is 15.0 Å². The average molecular weight is 765 g/mol. The summed E-state index contributed by atoms with van der Waals surface area (Å²) in [5.41, 5.74) is 9.24. The van der Waals surface area contributed by atoms with E-state index in [0.29, 0.717) is 23.0 Å². The van der Waals surface area contributed by atoms with Crippen molar-refractivity contribution in [1.29, 1.82) is 5.26 Å².